The van der Waals surface area contributed by atoms with E-state index in [1.54, 1.807) is 0 Å². The second kappa shape index (κ2) is 9.05. The molecule has 0 saturated carbocycles. The van der Waals surface area contributed by atoms with Gasteiger partial charge in [0.1, 0.15) is 0 Å². The van der Waals surface area contributed by atoms with Crippen LogP contribution in [0.15, 0.2) is 42.5 Å². The first-order valence-corrected chi connectivity index (χ1v) is 4.86. The zero-order valence-electron chi connectivity index (χ0n) is 8.50. The Bertz CT molecular complexity index is 243. The Morgan fingerprint density at radius 1 is 1.29 bits per heavy atom. The molecule has 1 aromatic rings. The van der Waals surface area contributed by atoms with Crippen LogP contribution in [0.4, 0.5) is 0 Å². The second-order valence-corrected chi connectivity index (χ2v) is 2.98. The Morgan fingerprint density at radius 2 is 2.00 bits per heavy atom. The van der Waals surface area contributed by atoms with Gasteiger partial charge in [-0.2, -0.15) is 23.8 Å². The number of rotatable bonds is 1. The Hall–Kier alpha value is -0.521. The van der Waals surface area contributed by atoms with E-state index < -0.39 is 0 Å². The summed E-state index contributed by atoms with van der Waals surface area (Å²) in [6, 6.07) is 8.41. The molecule has 79 valence electrons. The van der Waals surface area contributed by atoms with Crippen molar-refractivity contribution in [2.75, 3.05) is 0 Å². The standard InChI is InChI=1S/C7H9.C6H7.Ir/c1-2-7-5-3-4-6-7;1-2-4-6-5-3-1;/h3-6H,2H2,1H3;1-3H,4,6H2;/q2*-1;. The molecule has 0 amide bonds. The van der Waals surface area contributed by atoms with Gasteiger partial charge in [-0.3, -0.25) is 6.08 Å². The smallest absolute Gasteiger partial charge is 0 e. The molecule has 1 aliphatic carbocycles. The Balaban J connectivity index is 0.000000227. The molecule has 0 aromatic heterocycles. The van der Waals surface area contributed by atoms with Gasteiger partial charge in [-0.25, -0.2) is 24.3 Å². The summed E-state index contributed by atoms with van der Waals surface area (Å²) in [4.78, 5) is 0. The van der Waals surface area contributed by atoms with Gasteiger partial charge in [0.05, 0.1) is 0 Å². The molecule has 0 fully saturated rings. The second-order valence-electron chi connectivity index (χ2n) is 2.98. The summed E-state index contributed by atoms with van der Waals surface area (Å²) in [6.45, 7) is 2.16. The van der Waals surface area contributed by atoms with E-state index in [0.717, 1.165) is 12.8 Å². The molecule has 0 spiro atoms. The fraction of sp³-hybridized carbons (Fsp3) is 0.308. The molecule has 1 heteroatoms. The van der Waals surface area contributed by atoms with Crippen molar-refractivity contribution in [3.05, 3.63) is 54.1 Å². The molecule has 2 rings (SSSR count). The number of hydrogen-bond donors (Lipinski definition) is 0. The van der Waals surface area contributed by atoms with Crippen molar-refractivity contribution >= 4 is 0 Å². The third-order valence-corrected chi connectivity index (χ3v) is 1.95. The average molecular weight is 364 g/mol. The van der Waals surface area contributed by atoms with E-state index in [9.17, 15) is 0 Å². The minimum atomic E-state index is 0. The summed E-state index contributed by atoms with van der Waals surface area (Å²) in [7, 11) is 0. The van der Waals surface area contributed by atoms with E-state index in [0.29, 0.717) is 0 Å². The van der Waals surface area contributed by atoms with Crippen LogP contribution in [0.3, 0.4) is 0 Å². The Morgan fingerprint density at radius 3 is 2.21 bits per heavy atom. The van der Waals surface area contributed by atoms with E-state index in [-0.39, 0.29) is 20.1 Å². The zero-order chi connectivity index (χ0) is 9.36. The fourth-order valence-electron chi connectivity index (χ4n) is 1.13. The molecule has 1 aliphatic rings. The molecular weight excluding hydrogens is 348 g/mol. The van der Waals surface area contributed by atoms with Crippen LogP contribution in [0.1, 0.15) is 25.3 Å². The van der Waals surface area contributed by atoms with Crippen LogP contribution >= 0.6 is 0 Å². The molecular formula is C13H16Ir-2. The molecule has 14 heavy (non-hydrogen) atoms. The summed E-state index contributed by atoms with van der Waals surface area (Å²) in [5.74, 6) is 0. The maximum absolute atomic E-state index is 3.07. The molecule has 0 aliphatic heterocycles. The van der Waals surface area contributed by atoms with Gasteiger partial charge in [0, 0.05) is 20.1 Å². The minimum absolute atomic E-state index is 0. The van der Waals surface area contributed by atoms with Crippen LogP contribution < -0.4 is 0 Å². The summed E-state index contributed by atoms with van der Waals surface area (Å²) < 4.78 is 0. The van der Waals surface area contributed by atoms with Crippen LogP contribution in [-0.4, -0.2) is 0 Å². The third kappa shape index (κ3) is 6.01. The minimum Gasteiger partial charge on any atom is -0.275 e. The maximum Gasteiger partial charge on any atom is 0 e. The largest absolute Gasteiger partial charge is 0.275 e. The third-order valence-electron chi connectivity index (χ3n) is 1.95. The molecule has 0 saturated heterocycles. The predicted octanol–water partition coefficient (Wildman–Crippen LogP) is 3.66. The molecule has 0 unspecified atom stereocenters. The Labute approximate surface area is 100 Å². The zero-order valence-corrected chi connectivity index (χ0v) is 10.9. The normalized spacial score (nSPS) is 12.6. The van der Waals surface area contributed by atoms with Crippen LogP contribution in [0.5, 0.6) is 0 Å². The van der Waals surface area contributed by atoms with Crippen LogP contribution in [-0.2, 0) is 26.5 Å². The van der Waals surface area contributed by atoms with Crippen LogP contribution in [0.2, 0.25) is 0 Å². The summed E-state index contributed by atoms with van der Waals surface area (Å²) >= 11 is 0. The fourth-order valence-corrected chi connectivity index (χ4v) is 1.13. The molecule has 0 bridgehead atoms. The van der Waals surface area contributed by atoms with Crippen LogP contribution in [0, 0.1) is 6.08 Å². The van der Waals surface area contributed by atoms with Gasteiger partial charge in [0.15, 0.2) is 0 Å². The van der Waals surface area contributed by atoms with E-state index in [2.05, 4.69) is 43.3 Å². The van der Waals surface area contributed by atoms with Crippen molar-refractivity contribution < 1.29 is 20.1 Å². The topological polar surface area (TPSA) is 0 Å². The first-order chi connectivity index (χ1) is 6.43. The van der Waals surface area contributed by atoms with E-state index in [1.165, 1.54) is 12.0 Å². The van der Waals surface area contributed by atoms with Gasteiger partial charge in [-0.1, -0.05) is 19.8 Å². The van der Waals surface area contributed by atoms with E-state index in [4.69, 9.17) is 0 Å². The van der Waals surface area contributed by atoms with E-state index in [1.807, 2.05) is 12.2 Å². The summed E-state index contributed by atoms with van der Waals surface area (Å²) in [5, 5.41) is 0. The first kappa shape index (κ1) is 13.5. The molecule has 1 radical (unpaired) electrons. The van der Waals surface area contributed by atoms with Crippen molar-refractivity contribution in [3.63, 3.8) is 0 Å². The molecule has 1 aromatic carbocycles. The molecule has 0 nitrogen and oxygen atoms in total. The molecule has 0 N–H and O–H groups in total. The number of aryl methyl sites for hydroxylation is 1. The quantitative estimate of drug-likeness (QED) is 0.667. The van der Waals surface area contributed by atoms with Crippen molar-refractivity contribution in [3.8, 4) is 0 Å². The van der Waals surface area contributed by atoms with Gasteiger partial charge >= 0.3 is 0 Å². The number of allylic oxidation sites excluding steroid dienone is 4. The molecule has 0 atom stereocenters. The molecule has 0 heterocycles. The van der Waals surface area contributed by atoms with Crippen molar-refractivity contribution in [1.82, 2.24) is 0 Å². The SMILES string of the molecule is CC[c-]1cccc1.[C-]1=CC=CCC1.[Ir]. The van der Waals surface area contributed by atoms with Crippen molar-refractivity contribution in [2.24, 2.45) is 0 Å². The van der Waals surface area contributed by atoms with Gasteiger partial charge in [0.25, 0.3) is 0 Å². The first-order valence-electron chi connectivity index (χ1n) is 4.86. The van der Waals surface area contributed by atoms with Gasteiger partial charge in [0.2, 0.25) is 0 Å². The van der Waals surface area contributed by atoms with Crippen molar-refractivity contribution in [1.29, 1.82) is 0 Å². The van der Waals surface area contributed by atoms with Crippen LogP contribution in [0.25, 0.3) is 0 Å². The summed E-state index contributed by atoms with van der Waals surface area (Å²) in [5.41, 5.74) is 1.43. The van der Waals surface area contributed by atoms with E-state index >= 15 is 0 Å². The average Bonchev–Trinajstić information content (AvgIpc) is 2.74. The Kier molecular flexibility index (Phi) is 8.71. The number of hydrogen-bond acceptors (Lipinski definition) is 0. The van der Waals surface area contributed by atoms with Gasteiger partial charge in [-0.15, -0.1) is 6.42 Å². The van der Waals surface area contributed by atoms with Gasteiger partial charge in [-0.05, 0) is 0 Å². The van der Waals surface area contributed by atoms with Gasteiger partial charge < -0.3 is 0 Å². The monoisotopic (exact) mass is 365 g/mol. The maximum atomic E-state index is 3.07. The predicted molar refractivity (Wildman–Crippen MR) is 57.6 cm³/mol. The van der Waals surface area contributed by atoms with Crippen molar-refractivity contribution in [2.45, 2.75) is 26.2 Å². The summed E-state index contributed by atoms with van der Waals surface area (Å²) in [6.07, 6.45) is 12.7.